The third-order valence-electron chi connectivity index (χ3n) is 5.77. The highest BCUT2D eigenvalue weighted by molar-refractivity contribution is 7.13. The summed E-state index contributed by atoms with van der Waals surface area (Å²) in [5, 5.41) is 14.3. The summed E-state index contributed by atoms with van der Waals surface area (Å²) in [5.41, 5.74) is 5.96. The van der Waals surface area contributed by atoms with Crippen LogP contribution >= 0.6 is 11.3 Å². The molecule has 148 valence electrons. The van der Waals surface area contributed by atoms with Crippen molar-refractivity contribution in [2.75, 3.05) is 13.1 Å². The van der Waals surface area contributed by atoms with E-state index < -0.39 is 0 Å². The van der Waals surface area contributed by atoms with E-state index in [1.165, 1.54) is 15.9 Å². The van der Waals surface area contributed by atoms with Crippen molar-refractivity contribution in [2.24, 2.45) is 7.05 Å². The molecule has 0 saturated carbocycles. The van der Waals surface area contributed by atoms with E-state index in [9.17, 15) is 4.79 Å². The first-order chi connectivity index (χ1) is 13.4. The standard InChI is InChI=1S/C20H26N6OS/c1-12-13(2)24-25(4)20(27)18(12)19-22-16(11-28-19)10-26-7-5-15(6-8-26)17-9-21-23-14(17)3/h9,11,15H,5-8,10H2,1-4H3,(H,21,23). The van der Waals surface area contributed by atoms with E-state index in [2.05, 4.69) is 32.5 Å². The minimum absolute atomic E-state index is 0.0831. The van der Waals surface area contributed by atoms with Crippen LogP contribution < -0.4 is 5.56 Å². The number of rotatable bonds is 4. The third kappa shape index (κ3) is 3.54. The van der Waals surface area contributed by atoms with Gasteiger partial charge in [0, 0.05) is 24.7 Å². The summed E-state index contributed by atoms with van der Waals surface area (Å²) < 4.78 is 1.40. The highest BCUT2D eigenvalue weighted by Gasteiger charge is 2.23. The van der Waals surface area contributed by atoms with Crippen LogP contribution in [0.4, 0.5) is 0 Å². The van der Waals surface area contributed by atoms with Crippen molar-refractivity contribution >= 4 is 11.3 Å². The fourth-order valence-corrected chi connectivity index (χ4v) is 4.90. The van der Waals surface area contributed by atoms with Crippen LogP contribution in [-0.4, -0.2) is 43.0 Å². The molecule has 4 rings (SSSR count). The number of nitrogens with zero attached hydrogens (tertiary/aromatic N) is 5. The van der Waals surface area contributed by atoms with Gasteiger partial charge in [-0.1, -0.05) is 0 Å². The Morgan fingerprint density at radius 3 is 2.68 bits per heavy atom. The number of thiazole rings is 1. The van der Waals surface area contributed by atoms with Gasteiger partial charge in [0.15, 0.2) is 0 Å². The second-order valence-electron chi connectivity index (χ2n) is 7.66. The Labute approximate surface area is 168 Å². The Kier molecular flexibility index (Phi) is 5.16. The van der Waals surface area contributed by atoms with Crippen LogP contribution in [0, 0.1) is 20.8 Å². The van der Waals surface area contributed by atoms with Crippen LogP contribution in [0.15, 0.2) is 16.4 Å². The van der Waals surface area contributed by atoms with Gasteiger partial charge in [-0.25, -0.2) is 9.67 Å². The second-order valence-corrected chi connectivity index (χ2v) is 8.52. The molecule has 0 spiro atoms. The van der Waals surface area contributed by atoms with Crippen molar-refractivity contribution in [3.63, 3.8) is 0 Å². The van der Waals surface area contributed by atoms with Gasteiger partial charge in [0.25, 0.3) is 5.56 Å². The van der Waals surface area contributed by atoms with Crippen LogP contribution in [0.5, 0.6) is 0 Å². The van der Waals surface area contributed by atoms with Gasteiger partial charge >= 0.3 is 0 Å². The van der Waals surface area contributed by atoms with Crippen molar-refractivity contribution in [3.05, 3.63) is 50.1 Å². The molecule has 1 aliphatic heterocycles. The Morgan fingerprint density at radius 1 is 1.25 bits per heavy atom. The summed E-state index contributed by atoms with van der Waals surface area (Å²) in [6, 6.07) is 0. The minimum Gasteiger partial charge on any atom is -0.297 e. The van der Waals surface area contributed by atoms with Crippen molar-refractivity contribution in [3.8, 4) is 10.6 Å². The van der Waals surface area contributed by atoms with Crippen LogP contribution in [0.2, 0.25) is 0 Å². The number of likely N-dealkylation sites (tertiary alicyclic amines) is 1. The summed E-state index contributed by atoms with van der Waals surface area (Å²) in [6.45, 7) is 8.91. The van der Waals surface area contributed by atoms with Gasteiger partial charge in [-0.3, -0.25) is 14.8 Å². The summed E-state index contributed by atoms with van der Waals surface area (Å²) in [6.07, 6.45) is 4.25. The average molecular weight is 399 g/mol. The Morgan fingerprint density at radius 2 is 2.00 bits per heavy atom. The number of aryl methyl sites for hydroxylation is 3. The van der Waals surface area contributed by atoms with Crippen molar-refractivity contribution in [1.29, 1.82) is 0 Å². The molecule has 3 aromatic heterocycles. The molecule has 0 aliphatic carbocycles. The molecule has 1 aliphatic rings. The summed E-state index contributed by atoms with van der Waals surface area (Å²) in [5.74, 6) is 0.589. The molecular weight excluding hydrogens is 372 g/mol. The van der Waals surface area contributed by atoms with E-state index in [1.54, 1.807) is 18.4 Å². The van der Waals surface area contributed by atoms with Crippen molar-refractivity contribution in [2.45, 2.75) is 46.1 Å². The molecule has 28 heavy (non-hydrogen) atoms. The highest BCUT2D eigenvalue weighted by atomic mass is 32.1. The van der Waals surface area contributed by atoms with E-state index in [1.807, 2.05) is 20.0 Å². The average Bonchev–Trinajstić information content (AvgIpc) is 3.30. The lowest BCUT2D eigenvalue weighted by atomic mass is 9.90. The number of H-pyrrole nitrogens is 1. The molecule has 0 aromatic carbocycles. The maximum atomic E-state index is 12.6. The van der Waals surface area contributed by atoms with Crippen LogP contribution in [0.3, 0.4) is 0 Å². The topological polar surface area (TPSA) is 79.7 Å². The van der Waals surface area contributed by atoms with Gasteiger partial charge in [0.05, 0.1) is 23.1 Å². The van der Waals surface area contributed by atoms with E-state index in [-0.39, 0.29) is 5.56 Å². The lowest BCUT2D eigenvalue weighted by Crippen LogP contribution is -2.32. The lowest BCUT2D eigenvalue weighted by molar-refractivity contribution is 0.203. The number of nitrogens with one attached hydrogen (secondary N) is 1. The van der Waals surface area contributed by atoms with Gasteiger partial charge in [-0.05, 0) is 63.7 Å². The number of aromatic nitrogens is 5. The number of hydrogen-bond donors (Lipinski definition) is 1. The van der Waals surface area contributed by atoms with E-state index in [4.69, 9.17) is 4.98 Å². The maximum Gasteiger partial charge on any atom is 0.277 e. The molecule has 0 radical (unpaired) electrons. The molecule has 8 heteroatoms. The molecule has 3 aromatic rings. The fraction of sp³-hybridized carbons (Fsp3) is 0.500. The van der Waals surface area contributed by atoms with E-state index in [0.29, 0.717) is 11.5 Å². The molecule has 1 fully saturated rings. The predicted octanol–water partition coefficient (Wildman–Crippen LogP) is 2.93. The van der Waals surface area contributed by atoms with Crippen LogP contribution in [-0.2, 0) is 13.6 Å². The molecule has 7 nitrogen and oxygen atoms in total. The third-order valence-corrected chi connectivity index (χ3v) is 6.68. The largest absolute Gasteiger partial charge is 0.297 e. The number of hydrogen-bond acceptors (Lipinski definition) is 6. The summed E-state index contributed by atoms with van der Waals surface area (Å²) >= 11 is 1.55. The number of aromatic amines is 1. The van der Waals surface area contributed by atoms with Crippen LogP contribution in [0.1, 0.15) is 47.0 Å². The SMILES string of the molecule is Cc1nn(C)c(=O)c(-c2nc(CN3CCC(c4cn[nH]c4C)CC3)cs2)c1C. The zero-order valence-electron chi connectivity index (χ0n) is 16.8. The van der Waals surface area contributed by atoms with Gasteiger partial charge in [-0.2, -0.15) is 10.2 Å². The van der Waals surface area contributed by atoms with E-state index >= 15 is 0 Å². The Hall–Kier alpha value is -2.32. The van der Waals surface area contributed by atoms with Gasteiger partial charge in [0.1, 0.15) is 5.01 Å². The quantitative estimate of drug-likeness (QED) is 0.731. The van der Waals surface area contributed by atoms with Crippen LogP contribution in [0.25, 0.3) is 10.6 Å². The molecule has 0 atom stereocenters. The monoisotopic (exact) mass is 398 g/mol. The highest BCUT2D eigenvalue weighted by Crippen LogP contribution is 2.30. The van der Waals surface area contributed by atoms with Gasteiger partial charge in [-0.15, -0.1) is 11.3 Å². The molecule has 1 saturated heterocycles. The summed E-state index contributed by atoms with van der Waals surface area (Å²) in [7, 11) is 1.69. The lowest BCUT2D eigenvalue weighted by Gasteiger charge is -2.31. The smallest absolute Gasteiger partial charge is 0.277 e. The Balaban J connectivity index is 1.46. The zero-order valence-corrected chi connectivity index (χ0v) is 17.6. The molecule has 0 amide bonds. The van der Waals surface area contributed by atoms with Gasteiger partial charge < -0.3 is 0 Å². The Bertz CT molecular complexity index is 1040. The molecule has 1 N–H and O–H groups in total. The van der Waals surface area contributed by atoms with Gasteiger partial charge in [0.2, 0.25) is 0 Å². The molecule has 0 unspecified atom stereocenters. The maximum absolute atomic E-state index is 12.6. The molecule has 0 bridgehead atoms. The summed E-state index contributed by atoms with van der Waals surface area (Å²) in [4.78, 5) is 19.8. The van der Waals surface area contributed by atoms with Crippen molar-refractivity contribution in [1.82, 2.24) is 29.9 Å². The molecule has 4 heterocycles. The zero-order chi connectivity index (χ0) is 19.8. The second kappa shape index (κ2) is 7.60. The van der Waals surface area contributed by atoms with Crippen molar-refractivity contribution < 1.29 is 0 Å². The first-order valence-electron chi connectivity index (χ1n) is 9.65. The number of piperidine rings is 1. The van der Waals surface area contributed by atoms with E-state index in [0.717, 1.165) is 54.4 Å². The minimum atomic E-state index is -0.0831. The normalized spacial score (nSPS) is 16.0. The first-order valence-corrected chi connectivity index (χ1v) is 10.5. The molecular formula is C20H26N6OS. The fourth-order valence-electron chi connectivity index (χ4n) is 4.00. The first kappa shape index (κ1) is 19.0. The predicted molar refractivity (Wildman–Crippen MR) is 111 cm³/mol.